The summed E-state index contributed by atoms with van der Waals surface area (Å²) in [7, 11) is 1.61. The number of nitrogens with zero attached hydrogens (tertiary/aromatic N) is 3. The first-order chi connectivity index (χ1) is 16.2. The Morgan fingerprint density at radius 1 is 1.24 bits per heavy atom. The van der Waals surface area contributed by atoms with Crippen molar-refractivity contribution < 1.29 is 32.0 Å². The number of urea groups is 2. The summed E-state index contributed by atoms with van der Waals surface area (Å²) < 4.78 is 46.5. The molecule has 1 aliphatic heterocycles. The van der Waals surface area contributed by atoms with Crippen LogP contribution in [-0.4, -0.2) is 65.6 Å². The third-order valence-corrected chi connectivity index (χ3v) is 5.80. The highest BCUT2D eigenvalue weighted by Gasteiger charge is 2.39. The number of rotatable bonds is 6. The zero-order valence-electron chi connectivity index (χ0n) is 18.6. The van der Waals surface area contributed by atoms with Crippen LogP contribution in [0.5, 0.6) is 5.75 Å². The number of aromatic nitrogens is 1. The Morgan fingerprint density at radius 2 is 2.03 bits per heavy atom. The molecule has 12 heteroatoms. The molecule has 0 spiro atoms. The van der Waals surface area contributed by atoms with Crippen LogP contribution in [0.25, 0.3) is 11.3 Å². The van der Waals surface area contributed by atoms with Gasteiger partial charge in [-0.25, -0.2) is 9.59 Å². The Labute approximate surface area is 194 Å². The molecule has 2 heterocycles. The normalized spacial score (nSPS) is 18.4. The van der Waals surface area contributed by atoms with E-state index in [4.69, 9.17) is 4.52 Å². The van der Waals surface area contributed by atoms with Crippen molar-refractivity contribution in [3.05, 3.63) is 36.1 Å². The van der Waals surface area contributed by atoms with Gasteiger partial charge in [0.2, 0.25) is 0 Å². The number of benzene rings is 1. The van der Waals surface area contributed by atoms with Crippen molar-refractivity contribution in [2.75, 3.05) is 20.1 Å². The molecule has 2 fully saturated rings. The molecule has 0 radical (unpaired) electrons. The Balaban J connectivity index is 1.33. The number of halogens is 3. The van der Waals surface area contributed by atoms with Crippen LogP contribution in [-0.2, 0) is 6.54 Å². The lowest BCUT2D eigenvalue weighted by Gasteiger charge is -2.39. The number of alkyl halides is 3. The molecule has 1 atom stereocenters. The molecule has 0 unspecified atom stereocenters. The number of carbonyl (C=O) groups excluding carboxylic acids is 2. The van der Waals surface area contributed by atoms with E-state index in [1.807, 2.05) is 4.90 Å². The van der Waals surface area contributed by atoms with Gasteiger partial charge >= 0.3 is 18.4 Å². The lowest BCUT2D eigenvalue weighted by atomic mass is 10.0. The smallest absolute Gasteiger partial charge is 0.406 e. The van der Waals surface area contributed by atoms with E-state index in [0.717, 1.165) is 25.7 Å². The molecule has 4 rings (SSSR count). The van der Waals surface area contributed by atoms with Gasteiger partial charge in [0, 0.05) is 37.8 Å². The zero-order valence-corrected chi connectivity index (χ0v) is 18.6. The summed E-state index contributed by atoms with van der Waals surface area (Å²) in [5.41, 5.74) is 0.705. The molecular formula is C22H26F3N5O4. The van der Waals surface area contributed by atoms with Gasteiger partial charge in [-0.05, 0) is 37.8 Å². The number of nitrogens with one attached hydrogen (secondary N) is 2. The van der Waals surface area contributed by atoms with Gasteiger partial charge in [0.15, 0.2) is 5.76 Å². The first kappa shape index (κ1) is 23.7. The van der Waals surface area contributed by atoms with Crippen LogP contribution in [0.2, 0.25) is 0 Å². The number of hydrogen-bond acceptors (Lipinski definition) is 5. The van der Waals surface area contributed by atoms with Crippen molar-refractivity contribution in [1.29, 1.82) is 0 Å². The third-order valence-electron chi connectivity index (χ3n) is 5.80. The van der Waals surface area contributed by atoms with Crippen LogP contribution in [0, 0.1) is 0 Å². The minimum absolute atomic E-state index is 0.0324. The number of amides is 4. The fourth-order valence-corrected chi connectivity index (χ4v) is 4.14. The molecule has 1 aromatic carbocycles. The topological polar surface area (TPSA) is 99.9 Å². The predicted octanol–water partition coefficient (Wildman–Crippen LogP) is 3.72. The molecule has 2 N–H and O–H groups in total. The highest BCUT2D eigenvalue weighted by atomic mass is 19.4. The van der Waals surface area contributed by atoms with E-state index in [-0.39, 0.29) is 36.4 Å². The number of piperidine rings is 1. The van der Waals surface area contributed by atoms with Crippen LogP contribution in [0.3, 0.4) is 0 Å². The summed E-state index contributed by atoms with van der Waals surface area (Å²) in [6, 6.07) is 6.75. The van der Waals surface area contributed by atoms with Crippen LogP contribution >= 0.6 is 0 Å². The first-order valence-electron chi connectivity index (χ1n) is 11.1. The van der Waals surface area contributed by atoms with Crippen molar-refractivity contribution in [3.63, 3.8) is 0 Å². The van der Waals surface area contributed by atoms with Crippen molar-refractivity contribution in [2.24, 2.45) is 0 Å². The van der Waals surface area contributed by atoms with E-state index < -0.39 is 6.36 Å². The quantitative estimate of drug-likeness (QED) is 0.655. The maximum Gasteiger partial charge on any atom is 0.573 e. The van der Waals surface area contributed by atoms with Crippen molar-refractivity contribution in [1.82, 2.24) is 25.6 Å². The number of likely N-dealkylation sites (tertiary alicyclic amines) is 1. The Morgan fingerprint density at radius 3 is 2.74 bits per heavy atom. The van der Waals surface area contributed by atoms with E-state index in [0.29, 0.717) is 30.1 Å². The Hall–Kier alpha value is -3.44. The van der Waals surface area contributed by atoms with E-state index in [1.165, 1.54) is 18.2 Å². The van der Waals surface area contributed by atoms with Gasteiger partial charge in [-0.15, -0.1) is 13.2 Å². The largest absolute Gasteiger partial charge is 0.573 e. The molecule has 184 valence electrons. The zero-order chi connectivity index (χ0) is 24.3. The van der Waals surface area contributed by atoms with Crippen molar-refractivity contribution in [3.8, 4) is 17.0 Å². The second kappa shape index (κ2) is 9.82. The first-order valence-corrected chi connectivity index (χ1v) is 11.1. The maximum atomic E-state index is 12.7. The van der Waals surface area contributed by atoms with Crippen LogP contribution < -0.4 is 15.4 Å². The highest BCUT2D eigenvalue weighted by Crippen LogP contribution is 2.31. The van der Waals surface area contributed by atoms with E-state index >= 15 is 0 Å². The van der Waals surface area contributed by atoms with Crippen molar-refractivity contribution >= 4 is 12.1 Å². The molecule has 1 saturated carbocycles. The lowest BCUT2D eigenvalue weighted by Crippen LogP contribution is -2.55. The van der Waals surface area contributed by atoms with Gasteiger partial charge in [0.1, 0.15) is 11.4 Å². The molecule has 1 aliphatic carbocycles. The SMILES string of the molecule is CNC(=O)N(C1CC1)[C@@H]1CCCN(C(=O)NCc2cc(-c3cccc(OC(F)(F)F)c3)no2)C1. The Kier molecular flexibility index (Phi) is 6.85. The minimum Gasteiger partial charge on any atom is -0.406 e. The molecule has 2 aliphatic rings. The number of hydrogen-bond donors (Lipinski definition) is 2. The number of carbonyl (C=O) groups is 2. The monoisotopic (exact) mass is 481 g/mol. The van der Waals surface area contributed by atoms with Crippen LogP contribution in [0.15, 0.2) is 34.9 Å². The van der Waals surface area contributed by atoms with Gasteiger partial charge in [0.05, 0.1) is 12.6 Å². The average molecular weight is 481 g/mol. The molecule has 1 aromatic heterocycles. The molecule has 9 nitrogen and oxygen atoms in total. The summed E-state index contributed by atoms with van der Waals surface area (Å²) in [5.74, 6) is -0.0106. The summed E-state index contributed by atoms with van der Waals surface area (Å²) in [6.45, 7) is 1.10. The van der Waals surface area contributed by atoms with Gasteiger partial charge in [-0.3, -0.25) is 0 Å². The maximum absolute atomic E-state index is 12.7. The molecule has 4 amide bonds. The fraction of sp³-hybridized carbons (Fsp3) is 0.500. The second-order valence-corrected chi connectivity index (χ2v) is 8.35. The van der Waals surface area contributed by atoms with Gasteiger partial charge in [-0.1, -0.05) is 17.3 Å². The summed E-state index contributed by atoms with van der Waals surface area (Å²) in [4.78, 5) is 28.6. The van der Waals surface area contributed by atoms with Crippen molar-refractivity contribution in [2.45, 2.75) is 50.7 Å². The molecule has 2 aromatic rings. The van der Waals surface area contributed by atoms with Gasteiger partial charge in [-0.2, -0.15) is 0 Å². The molecule has 0 bridgehead atoms. The average Bonchev–Trinajstić information content (AvgIpc) is 3.52. The highest BCUT2D eigenvalue weighted by molar-refractivity contribution is 5.76. The van der Waals surface area contributed by atoms with E-state index in [2.05, 4.69) is 20.5 Å². The van der Waals surface area contributed by atoms with E-state index in [9.17, 15) is 22.8 Å². The minimum atomic E-state index is -4.79. The lowest BCUT2D eigenvalue weighted by molar-refractivity contribution is -0.274. The van der Waals surface area contributed by atoms with Crippen LogP contribution in [0.1, 0.15) is 31.4 Å². The second-order valence-electron chi connectivity index (χ2n) is 8.35. The van der Waals surface area contributed by atoms with Gasteiger partial charge < -0.3 is 29.7 Å². The van der Waals surface area contributed by atoms with E-state index in [1.54, 1.807) is 24.1 Å². The van der Waals surface area contributed by atoms with Crippen LogP contribution in [0.4, 0.5) is 22.8 Å². The Bertz CT molecular complexity index is 1020. The predicted molar refractivity (Wildman–Crippen MR) is 115 cm³/mol. The molecule has 1 saturated heterocycles. The van der Waals surface area contributed by atoms with Gasteiger partial charge in [0.25, 0.3) is 0 Å². The summed E-state index contributed by atoms with van der Waals surface area (Å²) in [6.07, 6.45) is -1.19. The molecule has 34 heavy (non-hydrogen) atoms. The summed E-state index contributed by atoms with van der Waals surface area (Å²) in [5, 5.41) is 9.35. The standard InChI is InChI=1S/C22H26F3N5O4/c1-26-20(31)30(15-7-8-15)16-5-3-9-29(13-16)21(32)27-12-18-11-19(28-34-18)14-4-2-6-17(10-14)33-22(23,24)25/h2,4,6,10-11,15-16H,3,5,7-9,12-13H2,1H3,(H,26,31)(H,27,32)/t16-/m1/s1. The summed E-state index contributed by atoms with van der Waals surface area (Å²) >= 11 is 0. The molecular weight excluding hydrogens is 455 g/mol. The third kappa shape index (κ3) is 5.91. The fourth-order valence-electron chi connectivity index (χ4n) is 4.14. The number of ether oxygens (including phenoxy) is 1.